The van der Waals surface area contributed by atoms with Crippen molar-refractivity contribution in [1.82, 2.24) is 9.88 Å². The van der Waals surface area contributed by atoms with Gasteiger partial charge >= 0.3 is 5.97 Å². The molecule has 0 spiro atoms. The van der Waals surface area contributed by atoms with E-state index in [1.165, 1.54) is 12.3 Å². The molecule has 102 valence electrons. The number of halogens is 1. The molecule has 0 aliphatic carbocycles. The SMILES string of the molecule is CC1(C(=O)O)CCCN(C(=O)c2ccnc(Cl)c2)C1. The minimum Gasteiger partial charge on any atom is -0.481 e. The van der Waals surface area contributed by atoms with Crippen LogP contribution in [0.25, 0.3) is 0 Å². The van der Waals surface area contributed by atoms with Gasteiger partial charge in [0.05, 0.1) is 5.41 Å². The van der Waals surface area contributed by atoms with Crippen LogP contribution in [0.4, 0.5) is 0 Å². The average Bonchev–Trinajstić information content (AvgIpc) is 2.38. The Hall–Kier alpha value is -1.62. The van der Waals surface area contributed by atoms with Gasteiger partial charge < -0.3 is 10.0 Å². The number of pyridine rings is 1. The van der Waals surface area contributed by atoms with Crippen LogP contribution in [-0.4, -0.2) is 40.0 Å². The maximum Gasteiger partial charge on any atom is 0.311 e. The lowest BCUT2D eigenvalue weighted by atomic mass is 9.82. The third-order valence-electron chi connectivity index (χ3n) is 3.47. The molecule has 1 amide bonds. The monoisotopic (exact) mass is 282 g/mol. The molecule has 1 aromatic heterocycles. The normalized spacial score (nSPS) is 23.2. The van der Waals surface area contributed by atoms with Gasteiger partial charge in [-0.05, 0) is 31.9 Å². The van der Waals surface area contributed by atoms with Gasteiger partial charge in [-0.2, -0.15) is 0 Å². The number of hydrogen-bond donors (Lipinski definition) is 1. The van der Waals surface area contributed by atoms with Crippen molar-refractivity contribution in [2.45, 2.75) is 19.8 Å². The van der Waals surface area contributed by atoms with Crippen molar-refractivity contribution in [2.75, 3.05) is 13.1 Å². The van der Waals surface area contributed by atoms with E-state index in [1.54, 1.807) is 17.9 Å². The molecule has 2 heterocycles. The topological polar surface area (TPSA) is 70.5 Å². The van der Waals surface area contributed by atoms with Gasteiger partial charge in [-0.15, -0.1) is 0 Å². The molecule has 19 heavy (non-hydrogen) atoms. The number of aliphatic carboxylic acids is 1. The number of aromatic nitrogens is 1. The van der Waals surface area contributed by atoms with E-state index in [-0.39, 0.29) is 17.6 Å². The van der Waals surface area contributed by atoms with Gasteiger partial charge in [0.1, 0.15) is 5.15 Å². The summed E-state index contributed by atoms with van der Waals surface area (Å²) in [4.78, 5) is 29.0. The van der Waals surface area contributed by atoms with Crippen molar-refractivity contribution in [3.05, 3.63) is 29.0 Å². The molecule has 1 N–H and O–H groups in total. The van der Waals surface area contributed by atoms with E-state index in [0.717, 1.165) is 0 Å². The van der Waals surface area contributed by atoms with E-state index < -0.39 is 11.4 Å². The smallest absolute Gasteiger partial charge is 0.311 e. The number of carbonyl (C=O) groups is 2. The quantitative estimate of drug-likeness (QED) is 0.843. The Labute approximate surface area is 116 Å². The van der Waals surface area contributed by atoms with Crippen molar-refractivity contribution >= 4 is 23.5 Å². The van der Waals surface area contributed by atoms with Crippen molar-refractivity contribution in [3.63, 3.8) is 0 Å². The van der Waals surface area contributed by atoms with Crippen molar-refractivity contribution in [2.24, 2.45) is 5.41 Å². The predicted molar refractivity (Wildman–Crippen MR) is 70.1 cm³/mol. The molecule has 0 aromatic carbocycles. The zero-order valence-corrected chi connectivity index (χ0v) is 11.4. The molecular weight excluding hydrogens is 268 g/mol. The van der Waals surface area contributed by atoms with Gasteiger partial charge in [0.15, 0.2) is 0 Å². The molecule has 1 fully saturated rings. The van der Waals surface area contributed by atoms with Crippen LogP contribution in [0, 0.1) is 5.41 Å². The predicted octanol–water partition coefficient (Wildman–Crippen LogP) is 2.06. The highest BCUT2D eigenvalue weighted by Gasteiger charge is 2.39. The van der Waals surface area contributed by atoms with Crippen molar-refractivity contribution < 1.29 is 14.7 Å². The molecule has 5 nitrogen and oxygen atoms in total. The van der Waals surface area contributed by atoms with Crippen LogP contribution >= 0.6 is 11.6 Å². The standard InChI is InChI=1S/C13H15ClN2O3/c1-13(12(18)19)4-2-6-16(8-13)11(17)9-3-5-15-10(14)7-9/h3,5,7H,2,4,6,8H2,1H3,(H,18,19). The first-order valence-corrected chi connectivity index (χ1v) is 6.44. The molecule has 1 unspecified atom stereocenters. The first-order valence-electron chi connectivity index (χ1n) is 6.07. The molecule has 0 radical (unpaired) electrons. The number of rotatable bonds is 2. The second-order valence-electron chi connectivity index (χ2n) is 5.06. The van der Waals surface area contributed by atoms with Gasteiger partial charge in [-0.1, -0.05) is 11.6 Å². The summed E-state index contributed by atoms with van der Waals surface area (Å²) in [5, 5.41) is 9.50. The van der Waals surface area contributed by atoms with Crippen molar-refractivity contribution in [1.29, 1.82) is 0 Å². The Morgan fingerprint density at radius 3 is 2.89 bits per heavy atom. The summed E-state index contributed by atoms with van der Waals surface area (Å²) in [7, 11) is 0. The summed E-state index contributed by atoms with van der Waals surface area (Å²) < 4.78 is 0. The Bertz CT molecular complexity index is 520. The number of hydrogen-bond acceptors (Lipinski definition) is 3. The van der Waals surface area contributed by atoms with E-state index in [2.05, 4.69) is 4.98 Å². The molecule has 1 saturated heterocycles. The lowest BCUT2D eigenvalue weighted by molar-refractivity contribution is -0.150. The van der Waals surface area contributed by atoms with Crippen LogP contribution in [0.2, 0.25) is 5.15 Å². The number of carboxylic acids is 1. The highest BCUT2D eigenvalue weighted by Crippen LogP contribution is 2.30. The lowest BCUT2D eigenvalue weighted by Crippen LogP contribution is -2.48. The Morgan fingerprint density at radius 2 is 2.26 bits per heavy atom. The van der Waals surface area contributed by atoms with Gasteiger partial charge in [-0.25, -0.2) is 4.98 Å². The Balaban J connectivity index is 2.18. The van der Waals surface area contributed by atoms with Gasteiger partial charge in [0.25, 0.3) is 5.91 Å². The summed E-state index contributed by atoms with van der Waals surface area (Å²) in [6, 6.07) is 3.08. The number of amides is 1. The summed E-state index contributed by atoms with van der Waals surface area (Å²) in [6.07, 6.45) is 2.74. The third-order valence-corrected chi connectivity index (χ3v) is 3.68. The zero-order valence-electron chi connectivity index (χ0n) is 10.6. The minimum absolute atomic E-state index is 0.198. The van der Waals surface area contributed by atoms with Crippen molar-refractivity contribution in [3.8, 4) is 0 Å². The fourth-order valence-corrected chi connectivity index (χ4v) is 2.48. The van der Waals surface area contributed by atoms with Crippen LogP contribution in [0.15, 0.2) is 18.3 Å². The number of likely N-dealkylation sites (tertiary alicyclic amines) is 1. The van der Waals surface area contributed by atoms with E-state index in [4.69, 9.17) is 11.6 Å². The van der Waals surface area contributed by atoms with Crippen LogP contribution in [0.3, 0.4) is 0 Å². The Kier molecular flexibility index (Phi) is 3.75. The number of carboxylic acid groups (broad SMARTS) is 1. The average molecular weight is 283 g/mol. The fourth-order valence-electron chi connectivity index (χ4n) is 2.31. The number of nitrogens with zero attached hydrogens (tertiary/aromatic N) is 2. The lowest BCUT2D eigenvalue weighted by Gasteiger charge is -2.37. The molecule has 1 atom stereocenters. The van der Waals surface area contributed by atoms with Gasteiger partial charge in [-0.3, -0.25) is 9.59 Å². The van der Waals surface area contributed by atoms with Gasteiger partial charge in [0, 0.05) is 24.8 Å². The minimum atomic E-state index is -0.870. The van der Waals surface area contributed by atoms with E-state index in [1.807, 2.05) is 0 Å². The van der Waals surface area contributed by atoms with Gasteiger partial charge in [0.2, 0.25) is 0 Å². The zero-order chi connectivity index (χ0) is 14.0. The van der Waals surface area contributed by atoms with Crippen LogP contribution in [0.5, 0.6) is 0 Å². The number of carbonyl (C=O) groups excluding carboxylic acids is 1. The maximum atomic E-state index is 12.3. The Morgan fingerprint density at radius 1 is 1.53 bits per heavy atom. The second kappa shape index (κ2) is 5.17. The first-order chi connectivity index (χ1) is 8.92. The summed E-state index contributed by atoms with van der Waals surface area (Å²) >= 11 is 5.76. The summed E-state index contributed by atoms with van der Waals surface area (Å²) in [6.45, 7) is 2.47. The molecular formula is C13H15ClN2O3. The summed E-state index contributed by atoms with van der Waals surface area (Å²) in [5.41, 5.74) is -0.431. The summed E-state index contributed by atoms with van der Waals surface area (Å²) in [5.74, 6) is -1.06. The largest absolute Gasteiger partial charge is 0.481 e. The molecule has 6 heteroatoms. The molecule has 2 rings (SSSR count). The maximum absolute atomic E-state index is 12.3. The molecule has 1 aliphatic rings. The molecule has 1 aliphatic heterocycles. The molecule has 1 aromatic rings. The highest BCUT2D eigenvalue weighted by molar-refractivity contribution is 6.29. The number of piperidine rings is 1. The van der Waals surface area contributed by atoms with Crippen LogP contribution < -0.4 is 0 Å². The molecule has 0 bridgehead atoms. The first kappa shape index (κ1) is 13.8. The third kappa shape index (κ3) is 2.87. The van der Waals surface area contributed by atoms with E-state index in [9.17, 15) is 14.7 Å². The second-order valence-corrected chi connectivity index (χ2v) is 5.45. The van der Waals surface area contributed by atoms with E-state index >= 15 is 0 Å². The highest BCUT2D eigenvalue weighted by atomic mass is 35.5. The molecule has 0 saturated carbocycles. The van der Waals surface area contributed by atoms with E-state index in [0.29, 0.717) is 24.9 Å². The van der Waals surface area contributed by atoms with Crippen LogP contribution in [-0.2, 0) is 4.79 Å². The fraction of sp³-hybridized carbons (Fsp3) is 0.462. The van der Waals surface area contributed by atoms with Crippen LogP contribution in [0.1, 0.15) is 30.1 Å².